The van der Waals surface area contributed by atoms with E-state index in [1.807, 2.05) is 104 Å². The van der Waals surface area contributed by atoms with Gasteiger partial charge in [-0.25, -0.2) is 23.1 Å². The molecule has 0 amide bonds. The topological polar surface area (TPSA) is 51.6 Å². The van der Waals surface area contributed by atoms with Crippen LogP contribution in [-0.4, -0.2) is 19.9 Å². The summed E-state index contributed by atoms with van der Waals surface area (Å²) >= 11 is 0. The van der Waals surface area contributed by atoms with Gasteiger partial charge in [-0.3, -0.25) is 9.97 Å². The van der Waals surface area contributed by atoms with Gasteiger partial charge in [0.05, 0.1) is 0 Å². The monoisotopic (exact) mass is 1380 g/mol. The Labute approximate surface area is 617 Å². The molecule has 8 aromatic rings. The van der Waals surface area contributed by atoms with Crippen LogP contribution in [0.5, 0.6) is 0 Å². The van der Waals surface area contributed by atoms with E-state index in [0.29, 0.717) is 76.9 Å². The molecule has 8 rings (SSSR count). The maximum Gasteiger partial charge on any atom is 0.130 e. The molecule has 558 valence electrons. The molecule has 0 aliphatic heterocycles. The van der Waals surface area contributed by atoms with Crippen LogP contribution < -0.4 is 0 Å². The third-order valence-corrected chi connectivity index (χ3v) is 18.2. The molecule has 3 heterocycles. The maximum absolute atomic E-state index is 13.9. The highest BCUT2D eigenvalue weighted by Gasteiger charge is 2.15. The Balaban J connectivity index is 0.000000577. The van der Waals surface area contributed by atoms with Crippen LogP contribution in [0.2, 0.25) is 0 Å². The van der Waals surface area contributed by atoms with Gasteiger partial charge < -0.3 is 0 Å². The molecular weight excluding hydrogens is 1240 g/mol. The van der Waals surface area contributed by atoms with Gasteiger partial charge in [-0.05, 0) is 210 Å². The molecule has 3 aromatic heterocycles. The molecule has 0 spiro atoms. The summed E-state index contributed by atoms with van der Waals surface area (Å²) in [6, 6.07) is 39.5. The predicted octanol–water partition coefficient (Wildman–Crippen LogP) is 30.1. The molecule has 0 fully saturated rings. The van der Waals surface area contributed by atoms with E-state index in [9.17, 15) is 13.2 Å². The summed E-state index contributed by atoms with van der Waals surface area (Å²) in [4.78, 5) is 17.4. The number of nitrogens with zero attached hydrogens (tertiary/aromatic N) is 4. The number of benzene rings is 5. The third-order valence-electron chi connectivity index (χ3n) is 18.2. The van der Waals surface area contributed by atoms with E-state index in [1.165, 1.54) is 55.9 Å². The van der Waals surface area contributed by atoms with Crippen molar-refractivity contribution in [2.24, 2.45) is 0 Å². The lowest BCUT2D eigenvalue weighted by Gasteiger charge is -2.15. The van der Waals surface area contributed by atoms with Crippen LogP contribution in [-0.2, 0) is 0 Å². The van der Waals surface area contributed by atoms with Crippen molar-refractivity contribution in [2.45, 2.75) is 330 Å². The van der Waals surface area contributed by atoms with Crippen LogP contribution in [0.15, 0.2) is 140 Å². The zero-order chi connectivity index (χ0) is 77.5. The summed E-state index contributed by atoms with van der Waals surface area (Å²) in [5.41, 5.74) is 19.9. The number of hydrogen-bond acceptors (Lipinski definition) is 4. The number of rotatable bonds is 16. The van der Waals surface area contributed by atoms with E-state index in [-0.39, 0.29) is 35.2 Å². The summed E-state index contributed by atoms with van der Waals surface area (Å²) in [6.45, 7) is 72.4. The zero-order valence-electron chi connectivity index (χ0n) is 69.9. The molecule has 0 atom stereocenters. The van der Waals surface area contributed by atoms with Crippen molar-refractivity contribution >= 4 is 0 Å². The molecule has 0 saturated heterocycles. The lowest BCUT2D eigenvalue weighted by molar-refractivity contribution is 0.584. The number of halogens is 3. The van der Waals surface area contributed by atoms with Crippen molar-refractivity contribution in [2.75, 3.05) is 0 Å². The summed E-state index contributed by atoms with van der Waals surface area (Å²) < 4.78 is 40.8. The number of hydrogen-bond donors (Lipinski definition) is 0. The van der Waals surface area contributed by atoms with Crippen LogP contribution in [0.1, 0.15) is 417 Å². The second kappa shape index (κ2) is 46.1. The summed E-state index contributed by atoms with van der Waals surface area (Å²) in [5.74, 6) is 8.49. The lowest BCUT2D eigenvalue weighted by atomic mass is 9.92. The number of pyridine rings is 2. The quantitative estimate of drug-likeness (QED) is 0.0967. The summed E-state index contributed by atoms with van der Waals surface area (Å²) in [7, 11) is 0. The molecule has 0 aliphatic rings. The van der Waals surface area contributed by atoms with Crippen molar-refractivity contribution in [3.63, 3.8) is 0 Å². The molecule has 0 radical (unpaired) electrons. The first kappa shape index (κ1) is 92.3. The average Bonchev–Trinajstić information content (AvgIpc) is 0.801. The molecule has 0 N–H and O–H groups in total. The van der Waals surface area contributed by atoms with Crippen molar-refractivity contribution in [1.29, 1.82) is 0 Å². The second-order valence-electron chi connectivity index (χ2n) is 32.4. The van der Waals surface area contributed by atoms with Gasteiger partial charge >= 0.3 is 0 Å². The minimum atomic E-state index is -0.0683. The Bertz CT molecular complexity index is 3030. The van der Waals surface area contributed by atoms with Gasteiger partial charge in [0.15, 0.2) is 0 Å². The van der Waals surface area contributed by atoms with E-state index in [2.05, 4.69) is 280 Å². The summed E-state index contributed by atoms with van der Waals surface area (Å²) in [6.07, 6.45) is 7.82. The maximum atomic E-state index is 13.9. The fraction of sp³-hybridized carbons (Fsp3) is 0.532. The minimum Gasteiger partial charge on any atom is -0.261 e. The first-order valence-electron chi connectivity index (χ1n) is 38.3. The van der Waals surface area contributed by atoms with Crippen LogP contribution >= 0.6 is 0 Å². The fourth-order valence-electron chi connectivity index (χ4n) is 10.6. The first-order chi connectivity index (χ1) is 46.9. The van der Waals surface area contributed by atoms with Gasteiger partial charge in [-0.2, -0.15) is 0 Å². The van der Waals surface area contributed by atoms with Crippen LogP contribution in [0, 0.1) is 31.3 Å². The SMILES string of the molecule is CC(C)c1ccc(C(C)C)c(F)c1.CC(C)c1ccc(C(C)C)c(F)c1.CC(C)c1ccc(C(C)C)cc1.CC(C)c1ccc(C(C)C)nc1.CC(C)c1ccc(C(C)C)nc1.CC(C)c1cnc(C(C)C)nc1.Cc1c(C(C)C)ccc(C(C)C)c1F.Cc1cc(C(C)C)ccc1C(C)C. The molecular formula is C94H141F3N4. The van der Waals surface area contributed by atoms with E-state index in [0.717, 1.165) is 44.8 Å². The minimum absolute atomic E-state index is 0.0220. The highest BCUT2D eigenvalue weighted by atomic mass is 19.1. The predicted molar refractivity (Wildman–Crippen MR) is 437 cm³/mol. The fourth-order valence-corrected chi connectivity index (χ4v) is 10.6. The van der Waals surface area contributed by atoms with Crippen LogP contribution in [0.4, 0.5) is 13.2 Å². The van der Waals surface area contributed by atoms with Crippen molar-refractivity contribution in [3.05, 3.63) is 258 Å². The van der Waals surface area contributed by atoms with E-state index in [1.54, 1.807) is 12.1 Å². The van der Waals surface area contributed by atoms with E-state index < -0.39 is 0 Å². The second-order valence-corrected chi connectivity index (χ2v) is 32.4. The largest absolute Gasteiger partial charge is 0.261 e. The smallest absolute Gasteiger partial charge is 0.130 e. The Morgan fingerprint density at radius 2 is 0.475 bits per heavy atom. The molecule has 5 aromatic carbocycles. The van der Waals surface area contributed by atoms with Crippen molar-refractivity contribution in [1.82, 2.24) is 19.9 Å². The van der Waals surface area contributed by atoms with Gasteiger partial charge in [0.1, 0.15) is 23.3 Å². The van der Waals surface area contributed by atoms with Gasteiger partial charge in [0, 0.05) is 42.1 Å². The Morgan fingerprint density at radius 1 is 0.218 bits per heavy atom. The Morgan fingerprint density at radius 3 is 0.723 bits per heavy atom. The molecule has 101 heavy (non-hydrogen) atoms. The molecule has 0 unspecified atom stereocenters. The molecule has 0 bridgehead atoms. The normalized spacial score (nSPS) is 11.3. The lowest BCUT2D eigenvalue weighted by Crippen LogP contribution is -2.01. The summed E-state index contributed by atoms with van der Waals surface area (Å²) in [5, 5.41) is 0. The number of aryl methyl sites for hydroxylation is 1. The zero-order valence-corrected chi connectivity index (χ0v) is 69.9. The Hall–Kier alpha value is -6.73. The number of aromatic nitrogens is 4. The van der Waals surface area contributed by atoms with Gasteiger partial charge in [-0.15, -0.1) is 0 Å². The van der Waals surface area contributed by atoms with Crippen molar-refractivity contribution in [3.8, 4) is 0 Å². The third kappa shape index (κ3) is 33.1. The molecule has 4 nitrogen and oxygen atoms in total. The van der Waals surface area contributed by atoms with Gasteiger partial charge in [0.25, 0.3) is 0 Å². The molecule has 0 aliphatic carbocycles. The highest BCUT2D eigenvalue weighted by Crippen LogP contribution is 2.30. The standard InChI is InChI=1S/C13H19F.C13H20.2C12H17F.C12H18.2C11H17N.C10H16N2/c1-8(2)11-6-7-12(9(3)4)13(14)10(11)5;1-9(2)12-6-7-13(10(3)4)11(5)8-12;2*1-8(2)10-5-6-11(9(3)4)12(13)7-10;1-9(2)11-5-7-12(8-6-11)10(3)4;2*1-8(2)10-5-6-11(9(3)4)12-7-10;1-7(2)9-5-11-10(8(3)4)12-6-9/h6-9H,1-5H3;6-10H,1-5H3;2*5-9H,1-4H3;5-10H,1-4H3;2*5-9H,1-4H3;5-8H,1-4H3. The van der Waals surface area contributed by atoms with Gasteiger partial charge in [-0.1, -0.05) is 313 Å². The van der Waals surface area contributed by atoms with Crippen LogP contribution in [0.25, 0.3) is 0 Å². The van der Waals surface area contributed by atoms with Gasteiger partial charge in [0.2, 0.25) is 0 Å². The highest BCUT2D eigenvalue weighted by molar-refractivity contribution is 5.37. The average molecular weight is 1380 g/mol. The van der Waals surface area contributed by atoms with E-state index in [4.69, 9.17) is 0 Å². The first-order valence-corrected chi connectivity index (χ1v) is 38.3. The molecule has 7 heteroatoms. The van der Waals surface area contributed by atoms with Crippen molar-refractivity contribution < 1.29 is 13.2 Å². The Kier molecular flexibility index (Phi) is 42.1. The molecule has 0 saturated carbocycles. The van der Waals surface area contributed by atoms with Crippen LogP contribution in [0.3, 0.4) is 0 Å². The van der Waals surface area contributed by atoms with E-state index >= 15 is 0 Å².